The van der Waals surface area contributed by atoms with E-state index in [1.54, 1.807) is 4.68 Å². The van der Waals surface area contributed by atoms with Crippen molar-refractivity contribution in [3.63, 3.8) is 0 Å². The number of carbonyl (C=O) groups is 1. The number of rotatable bonds is 5. The van der Waals surface area contributed by atoms with E-state index >= 15 is 0 Å². The molecule has 2 aromatic rings. The summed E-state index contributed by atoms with van der Waals surface area (Å²) in [6, 6.07) is 3.35. The molecule has 0 spiro atoms. The summed E-state index contributed by atoms with van der Waals surface area (Å²) in [6.07, 6.45) is -3.86. The van der Waals surface area contributed by atoms with Crippen molar-refractivity contribution in [3.05, 3.63) is 46.3 Å². The van der Waals surface area contributed by atoms with Crippen LogP contribution in [0.4, 0.5) is 18.9 Å². The van der Waals surface area contributed by atoms with Crippen LogP contribution in [0.3, 0.4) is 0 Å². The van der Waals surface area contributed by atoms with E-state index < -0.39 is 11.7 Å². The lowest BCUT2D eigenvalue weighted by molar-refractivity contribution is -0.137. The highest BCUT2D eigenvalue weighted by molar-refractivity contribution is 5.91. The zero-order chi connectivity index (χ0) is 18.8. The topological polar surface area (TPSA) is 72.9 Å². The molecule has 1 amide bonds. The molecular formula is C17H21F3N4O. The van der Waals surface area contributed by atoms with Crippen molar-refractivity contribution >= 4 is 11.6 Å². The Kier molecular flexibility index (Phi) is 5.52. The average Bonchev–Trinajstić information content (AvgIpc) is 2.76. The van der Waals surface area contributed by atoms with Gasteiger partial charge < -0.3 is 11.1 Å². The van der Waals surface area contributed by atoms with E-state index in [9.17, 15) is 18.0 Å². The first-order valence-electron chi connectivity index (χ1n) is 7.82. The zero-order valence-corrected chi connectivity index (χ0v) is 14.4. The normalized spacial score (nSPS) is 11.6. The molecule has 0 radical (unpaired) electrons. The van der Waals surface area contributed by atoms with Crippen molar-refractivity contribution in [3.8, 4) is 0 Å². The number of nitrogens with two attached hydrogens (primary N) is 1. The van der Waals surface area contributed by atoms with Gasteiger partial charge in [0.25, 0.3) is 0 Å². The Bertz CT molecular complexity index is 781. The molecule has 1 aromatic heterocycles. The van der Waals surface area contributed by atoms with Crippen LogP contribution in [0.5, 0.6) is 0 Å². The van der Waals surface area contributed by atoms with Crippen LogP contribution >= 0.6 is 0 Å². The molecule has 1 aromatic carbocycles. The molecule has 8 heteroatoms. The highest BCUT2D eigenvalue weighted by Crippen LogP contribution is 2.32. The molecule has 136 valence electrons. The zero-order valence-electron chi connectivity index (χ0n) is 14.4. The molecule has 1 heterocycles. The number of alkyl halides is 3. The van der Waals surface area contributed by atoms with Gasteiger partial charge in [-0.25, -0.2) is 0 Å². The minimum absolute atomic E-state index is 0.0408. The lowest BCUT2D eigenvalue weighted by Crippen LogP contribution is -2.15. The lowest BCUT2D eigenvalue weighted by Gasteiger charge is -2.12. The van der Waals surface area contributed by atoms with Crippen LogP contribution in [0.15, 0.2) is 18.2 Å². The Morgan fingerprint density at radius 2 is 1.96 bits per heavy atom. The molecule has 0 saturated carbocycles. The van der Waals surface area contributed by atoms with Gasteiger partial charge in [-0.15, -0.1) is 0 Å². The monoisotopic (exact) mass is 354 g/mol. The molecule has 0 unspecified atom stereocenters. The van der Waals surface area contributed by atoms with Crippen molar-refractivity contribution in [2.24, 2.45) is 12.8 Å². The van der Waals surface area contributed by atoms with Crippen LogP contribution in [0.2, 0.25) is 0 Å². The number of nitrogens with zero attached hydrogens (tertiary/aromatic N) is 2. The number of benzene rings is 1. The second kappa shape index (κ2) is 7.26. The maximum atomic E-state index is 12.9. The van der Waals surface area contributed by atoms with Gasteiger partial charge in [0.1, 0.15) is 0 Å². The number of hydrogen-bond acceptors (Lipinski definition) is 3. The highest BCUT2D eigenvalue weighted by atomic mass is 19.4. The molecular weight excluding hydrogens is 333 g/mol. The number of aryl methyl sites for hydroxylation is 2. The predicted molar refractivity (Wildman–Crippen MR) is 89.0 cm³/mol. The Balaban J connectivity index is 2.10. The fourth-order valence-electron chi connectivity index (χ4n) is 2.69. The van der Waals surface area contributed by atoms with Crippen molar-refractivity contribution in [2.45, 2.75) is 39.4 Å². The number of carbonyl (C=O) groups excluding carboxylic acids is 1. The van der Waals surface area contributed by atoms with E-state index in [0.717, 1.165) is 29.1 Å². The maximum absolute atomic E-state index is 12.9. The smallest absolute Gasteiger partial charge is 0.326 e. The summed E-state index contributed by atoms with van der Waals surface area (Å²) in [5, 5.41) is 6.80. The molecule has 2 rings (SSSR count). The molecule has 0 fully saturated rings. The van der Waals surface area contributed by atoms with Crippen LogP contribution in [0.25, 0.3) is 0 Å². The predicted octanol–water partition coefficient (Wildman–Crippen LogP) is 3.09. The van der Waals surface area contributed by atoms with Gasteiger partial charge in [-0.1, -0.05) is 0 Å². The summed E-state index contributed by atoms with van der Waals surface area (Å²) in [6.45, 7) is 3.73. The molecule has 25 heavy (non-hydrogen) atoms. The minimum Gasteiger partial charge on any atom is -0.326 e. The molecule has 3 N–H and O–H groups in total. The van der Waals surface area contributed by atoms with E-state index in [1.165, 1.54) is 6.07 Å². The first-order valence-corrected chi connectivity index (χ1v) is 7.82. The number of aromatic nitrogens is 2. The number of halogens is 3. The van der Waals surface area contributed by atoms with E-state index in [0.29, 0.717) is 12.0 Å². The van der Waals surface area contributed by atoms with Crippen molar-refractivity contribution in [1.29, 1.82) is 0 Å². The third-order valence-corrected chi connectivity index (χ3v) is 4.10. The minimum atomic E-state index is -4.49. The van der Waals surface area contributed by atoms with Gasteiger partial charge in [-0.2, -0.15) is 18.3 Å². The van der Waals surface area contributed by atoms with Gasteiger partial charge in [0.2, 0.25) is 5.91 Å². The largest absolute Gasteiger partial charge is 0.416 e. The van der Waals surface area contributed by atoms with Gasteiger partial charge in [-0.3, -0.25) is 9.48 Å². The second-order valence-corrected chi connectivity index (χ2v) is 5.94. The quantitative estimate of drug-likeness (QED) is 0.867. The highest BCUT2D eigenvalue weighted by Gasteiger charge is 2.31. The van der Waals surface area contributed by atoms with Crippen molar-refractivity contribution in [1.82, 2.24) is 9.78 Å². The van der Waals surface area contributed by atoms with Crippen LogP contribution in [0, 0.1) is 13.8 Å². The van der Waals surface area contributed by atoms with Gasteiger partial charge in [0, 0.05) is 31.4 Å². The molecule has 0 atom stereocenters. The summed E-state index contributed by atoms with van der Waals surface area (Å²) < 4.78 is 40.5. The number of amides is 1. The lowest BCUT2D eigenvalue weighted by atomic mass is 10.1. The Morgan fingerprint density at radius 1 is 1.28 bits per heavy atom. The second-order valence-electron chi connectivity index (χ2n) is 5.94. The fraction of sp³-hybridized carbons (Fsp3) is 0.412. The summed E-state index contributed by atoms with van der Waals surface area (Å²) in [7, 11) is 1.82. The molecule has 0 aliphatic carbocycles. The Morgan fingerprint density at radius 3 is 2.48 bits per heavy atom. The van der Waals surface area contributed by atoms with Gasteiger partial charge in [-0.05, 0) is 49.6 Å². The molecule has 0 bridgehead atoms. The van der Waals surface area contributed by atoms with Crippen molar-refractivity contribution in [2.75, 3.05) is 5.32 Å². The standard InChI is InChI=1S/C17H21F3N4O/c1-10-15(11(2)24(3)23-10)4-5-16(25)22-14-7-12(9-21)6-13(8-14)17(18,19)20/h6-8H,4-5,9,21H2,1-3H3,(H,22,25). The Labute approximate surface area is 144 Å². The third kappa shape index (κ3) is 4.60. The summed E-state index contributed by atoms with van der Waals surface area (Å²) in [5.41, 5.74) is 7.81. The van der Waals surface area contributed by atoms with Crippen LogP contribution in [-0.4, -0.2) is 15.7 Å². The average molecular weight is 354 g/mol. The number of nitrogens with one attached hydrogen (secondary N) is 1. The summed E-state index contributed by atoms with van der Waals surface area (Å²) in [5.74, 6) is -0.357. The van der Waals surface area contributed by atoms with E-state index in [2.05, 4.69) is 10.4 Å². The van der Waals surface area contributed by atoms with E-state index in [-0.39, 0.29) is 24.6 Å². The van der Waals surface area contributed by atoms with E-state index in [1.807, 2.05) is 20.9 Å². The fourth-order valence-corrected chi connectivity index (χ4v) is 2.69. The number of hydrogen-bond donors (Lipinski definition) is 2. The summed E-state index contributed by atoms with van der Waals surface area (Å²) >= 11 is 0. The van der Waals surface area contributed by atoms with Crippen LogP contribution in [-0.2, 0) is 31.0 Å². The molecule has 0 saturated heterocycles. The van der Waals surface area contributed by atoms with Crippen molar-refractivity contribution < 1.29 is 18.0 Å². The van der Waals surface area contributed by atoms with Gasteiger partial charge in [0.05, 0.1) is 11.3 Å². The van der Waals surface area contributed by atoms with Crippen LogP contribution in [0.1, 0.15) is 34.5 Å². The number of anilines is 1. The van der Waals surface area contributed by atoms with Crippen LogP contribution < -0.4 is 11.1 Å². The third-order valence-electron chi connectivity index (χ3n) is 4.10. The first kappa shape index (κ1) is 19.0. The van der Waals surface area contributed by atoms with Gasteiger partial charge in [0.15, 0.2) is 0 Å². The SMILES string of the molecule is Cc1nn(C)c(C)c1CCC(=O)Nc1cc(CN)cc(C(F)(F)F)c1. The molecule has 5 nitrogen and oxygen atoms in total. The molecule has 0 aliphatic rings. The molecule has 0 aliphatic heterocycles. The summed E-state index contributed by atoms with van der Waals surface area (Å²) in [4.78, 5) is 12.1. The first-order chi connectivity index (χ1) is 11.6. The van der Waals surface area contributed by atoms with Gasteiger partial charge >= 0.3 is 6.18 Å². The van der Waals surface area contributed by atoms with E-state index in [4.69, 9.17) is 5.73 Å². The maximum Gasteiger partial charge on any atom is 0.416 e. The Hall–Kier alpha value is -2.35.